The molecular weight excluding hydrogens is 386 g/mol. The van der Waals surface area contributed by atoms with E-state index in [1.807, 2.05) is 42.5 Å². The van der Waals surface area contributed by atoms with Crippen molar-refractivity contribution in [2.75, 3.05) is 5.32 Å². The molecule has 1 N–H and O–H groups in total. The summed E-state index contributed by atoms with van der Waals surface area (Å²) in [5.74, 6) is 0.391. The van der Waals surface area contributed by atoms with Crippen LogP contribution >= 0.6 is 0 Å². The fraction of sp³-hybridized carbons (Fsp3) is 0.115. The summed E-state index contributed by atoms with van der Waals surface area (Å²) in [5, 5.41) is 2.90. The second-order valence-corrected chi connectivity index (χ2v) is 7.20. The minimum atomic E-state index is -0.172. The molecule has 0 fully saturated rings. The van der Waals surface area contributed by atoms with E-state index in [1.165, 1.54) is 5.56 Å². The summed E-state index contributed by atoms with van der Waals surface area (Å²) < 4.78 is 5.72. The summed E-state index contributed by atoms with van der Waals surface area (Å²) in [6, 6.07) is 23.1. The van der Waals surface area contributed by atoms with Crippen molar-refractivity contribution in [1.29, 1.82) is 0 Å². The van der Waals surface area contributed by atoms with Crippen LogP contribution in [-0.2, 0) is 6.42 Å². The number of nitrogens with one attached hydrogen (secondary N) is 1. The van der Waals surface area contributed by atoms with Gasteiger partial charge in [0, 0.05) is 29.2 Å². The number of carbonyl (C=O) groups excluding carboxylic acids is 1. The zero-order valence-electron chi connectivity index (χ0n) is 17.5. The van der Waals surface area contributed by atoms with Gasteiger partial charge < -0.3 is 10.1 Å². The fourth-order valence-corrected chi connectivity index (χ4v) is 3.21. The molecule has 0 atom stereocenters. The minimum absolute atomic E-state index is 0.172. The van der Waals surface area contributed by atoms with E-state index in [0.29, 0.717) is 11.3 Å². The third-order valence-electron chi connectivity index (χ3n) is 5.03. The molecule has 4 rings (SSSR count). The van der Waals surface area contributed by atoms with Gasteiger partial charge in [0.25, 0.3) is 5.91 Å². The standard InChI is InChI=1S/C26H23N3O2/c1-3-19-8-12-22(13-9-19)29-25(30)20-10-14-23(15-11-20)31-26-27-16-21(17-28-26)24-7-5-4-6-18(24)2/h4-17H,3H2,1-2H3,(H,29,30). The van der Waals surface area contributed by atoms with Crippen LogP contribution in [0.25, 0.3) is 11.1 Å². The number of benzene rings is 3. The Morgan fingerprint density at radius 1 is 0.903 bits per heavy atom. The second kappa shape index (κ2) is 9.22. The van der Waals surface area contributed by atoms with Gasteiger partial charge in [-0.15, -0.1) is 0 Å². The summed E-state index contributed by atoms with van der Waals surface area (Å²) in [6.45, 7) is 4.15. The third-order valence-corrected chi connectivity index (χ3v) is 5.03. The van der Waals surface area contributed by atoms with E-state index in [4.69, 9.17) is 4.74 Å². The molecule has 0 saturated heterocycles. The van der Waals surface area contributed by atoms with Crippen molar-refractivity contribution in [3.8, 4) is 22.9 Å². The number of hydrogen-bond donors (Lipinski definition) is 1. The Bertz CT molecular complexity index is 1170. The largest absolute Gasteiger partial charge is 0.424 e. The van der Waals surface area contributed by atoms with E-state index in [1.54, 1.807) is 36.7 Å². The van der Waals surface area contributed by atoms with Gasteiger partial charge in [0.1, 0.15) is 5.75 Å². The molecule has 0 aliphatic carbocycles. The molecule has 5 heteroatoms. The van der Waals surface area contributed by atoms with Crippen LogP contribution in [-0.4, -0.2) is 15.9 Å². The highest BCUT2D eigenvalue weighted by molar-refractivity contribution is 6.04. The lowest BCUT2D eigenvalue weighted by Crippen LogP contribution is -2.11. The van der Waals surface area contributed by atoms with Gasteiger partial charge in [-0.2, -0.15) is 0 Å². The van der Waals surface area contributed by atoms with Crippen LogP contribution in [0.3, 0.4) is 0 Å². The maximum Gasteiger partial charge on any atom is 0.321 e. The summed E-state index contributed by atoms with van der Waals surface area (Å²) >= 11 is 0. The van der Waals surface area contributed by atoms with Crippen molar-refractivity contribution in [2.45, 2.75) is 20.3 Å². The van der Waals surface area contributed by atoms with Gasteiger partial charge in [-0.25, -0.2) is 9.97 Å². The molecule has 0 aliphatic rings. The van der Waals surface area contributed by atoms with Gasteiger partial charge in [-0.05, 0) is 66.4 Å². The van der Waals surface area contributed by atoms with Crippen LogP contribution in [0.5, 0.6) is 11.8 Å². The summed E-state index contributed by atoms with van der Waals surface area (Å²) in [6.07, 6.45) is 4.46. The number of aryl methyl sites for hydroxylation is 2. The summed E-state index contributed by atoms with van der Waals surface area (Å²) in [5.41, 5.74) is 5.73. The number of carbonyl (C=O) groups is 1. The predicted octanol–water partition coefficient (Wildman–Crippen LogP) is 6.06. The predicted molar refractivity (Wildman–Crippen MR) is 122 cm³/mol. The Balaban J connectivity index is 1.40. The molecule has 5 nitrogen and oxygen atoms in total. The summed E-state index contributed by atoms with van der Waals surface area (Å²) in [4.78, 5) is 21.1. The zero-order valence-corrected chi connectivity index (χ0v) is 17.5. The highest BCUT2D eigenvalue weighted by Crippen LogP contribution is 2.24. The van der Waals surface area contributed by atoms with Crippen LogP contribution in [0.15, 0.2) is 85.2 Å². The smallest absolute Gasteiger partial charge is 0.321 e. The van der Waals surface area contributed by atoms with E-state index < -0.39 is 0 Å². The van der Waals surface area contributed by atoms with Crippen LogP contribution in [0, 0.1) is 6.92 Å². The lowest BCUT2D eigenvalue weighted by Gasteiger charge is -2.08. The van der Waals surface area contributed by atoms with Crippen LogP contribution < -0.4 is 10.1 Å². The Morgan fingerprint density at radius 3 is 2.23 bits per heavy atom. The van der Waals surface area contributed by atoms with E-state index in [2.05, 4.69) is 35.2 Å². The van der Waals surface area contributed by atoms with E-state index in [9.17, 15) is 4.79 Å². The zero-order chi connectivity index (χ0) is 21.6. The first-order valence-corrected chi connectivity index (χ1v) is 10.2. The van der Waals surface area contributed by atoms with Crippen molar-refractivity contribution in [2.24, 2.45) is 0 Å². The number of aromatic nitrogens is 2. The molecule has 0 unspecified atom stereocenters. The van der Waals surface area contributed by atoms with Crippen LogP contribution in [0.2, 0.25) is 0 Å². The van der Waals surface area contributed by atoms with E-state index >= 15 is 0 Å². The SMILES string of the molecule is CCc1ccc(NC(=O)c2ccc(Oc3ncc(-c4ccccc4C)cn3)cc2)cc1. The van der Waals surface area contributed by atoms with Gasteiger partial charge in [-0.1, -0.05) is 43.3 Å². The second-order valence-electron chi connectivity index (χ2n) is 7.20. The molecule has 1 amide bonds. The molecule has 4 aromatic rings. The average Bonchev–Trinajstić information content (AvgIpc) is 2.81. The van der Waals surface area contributed by atoms with Gasteiger partial charge in [-0.3, -0.25) is 4.79 Å². The number of amides is 1. The highest BCUT2D eigenvalue weighted by Gasteiger charge is 2.08. The average molecular weight is 409 g/mol. The van der Waals surface area contributed by atoms with Crippen molar-refractivity contribution in [3.05, 3.63) is 102 Å². The maximum absolute atomic E-state index is 12.5. The highest BCUT2D eigenvalue weighted by atomic mass is 16.5. The third kappa shape index (κ3) is 4.95. The van der Waals surface area contributed by atoms with Crippen molar-refractivity contribution in [3.63, 3.8) is 0 Å². The Labute approximate surface area is 181 Å². The molecule has 1 aromatic heterocycles. The number of nitrogens with zero attached hydrogens (tertiary/aromatic N) is 2. The minimum Gasteiger partial charge on any atom is -0.424 e. The first-order valence-electron chi connectivity index (χ1n) is 10.2. The van der Waals surface area contributed by atoms with Gasteiger partial charge >= 0.3 is 6.01 Å². The van der Waals surface area contributed by atoms with E-state index in [-0.39, 0.29) is 11.9 Å². The lowest BCUT2D eigenvalue weighted by molar-refractivity contribution is 0.102. The normalized spacial score (nSPS) is 10.5. The van der Waals surface area contributed by atoms with Gasteiger partial charge in [0.2, 0.25) is 0 Å². The quantitative estimate of drug-likeness (QED) is 0.420. The molecule has 1 heterocycles. The number of ether oxygens (including phenoxy) is 1. The maximum atomic E-state index is 12.5. The monoisotopic (exact) mass is 409 g/mol. The Hall–Kier alpha value is -3.99. The van der Waals surface area contributed by atoms with Crippen molar-refractivity contribution < 1.29 is 9.53 Å². The molecular formula is C26H23N3O2. The molecule has 0 aliphatic heterocycles. The molecule has 0 saturated carbocycles. The molecule has 154 valence electrons. The first-order chi connectivity index (χ1) is 15.1. The molecule has 3 aromatic carbocycles. The lowest BCUT2D eigenvalue weighted by atomic mass is 10.0. The van der Waals surface area contributed by atoms with Crippen molar-refractivity contribution in [1.82, 2.24) is 9.97 Å². The van der Waals surface area contributed by atoms with E-state index in [0.717, 1.165) is 28.8 Å². The Kier molecular flexibility index (Phi) is 6.03. The Morgan fingerprint density at radius 2 is 1.58 bits per heavy atom. The van der Waals surface area contributed by atoms with Crippen molar-refractivity contribution >= 4 is 11.6 Å². The molecule has 0 radical (unpaired) electrons. The number of anilines is 1. The molecule has 31 heavy (non-hydrogen) atoms. The van der Waals surface area contributed by atoms with Gasteiger partial charge in [0.15, 0.2) is 0 Å². The molecule has 0 bridgehead atoms. The topological polar surface area (TPSA) is 64.1 Å². The molecule has 0 spiro atoms. The number of rotatable bonds is 6. The fourth-order valence-electron chi connectivity index (χ4n) is 3.21. The first kappa shape index (κ1) is 20.3. The number of hydrogen-bond acceptors (Lipinski definition) is 4. The van der Waals surface area contributed by atoms with Crippen LogP contribution in [0.4, 0.5) is 5.69 Å². The van der Waals surface area contributed by atoms with Crippen LogP contribution in [0.1, 0.15) is 28.4 Å². The van der Waals surface area contributed by atoms with Gasteiger partial charge in [0.05, 0.1) is 0 Å². The summed E-state index contributed by atoms with van der Waals surface area (Å²) in [7, 11) is 0.